The van der Waals surface area contributed by atoms with Gasteiger partial charge >= 0.3 is 5.97 Å². The van der Waals surface area contributed by atoms with Crippen LogP contribution in [0, 0.1) is 12.1 Å². The van der Waals surface area contributed by atoms with E-state index in [9.17, 15) is 10.0 Å². The highest BCUT2D eigenvalue weighted by Gasteiger charge is 1.96. The molecule has 0 radical (unpaired) electrons. The van der Waals surface area contributed by atoms with Crippen molar-refractivity contribution in [3.05, 3.63) is 65.4 Å². The molecule has 100 valence electrons. The van der Waals surface area contributed by atoms with Gasteiger partial charge in [0.2, 0.25) is 0 Å². The molecule has 0 bridgehead atoms. The van der Waals surface area contributed by atoms with E-state index < -0.39 is 5.97 Å². The first kappa shape index (κ1) is 14.6. The maximum absolute atomic E-state index is 10.3. The van der Waals surface area contributed by atoms with Crippen LogP contribution in [0.15, 0.2) is 49.1 Å². The van der Waals surface area contributed by atoms with Crippen molar-refractivity contribution in [3.8, 4) is 0 Å². The smallest absolute Gasteiger partial charge is 0.303 e. The minimum absolute atomic E-state index is 0.185. The van der Waals surface area contributed by atoms with Crippen molar-refractivity contribution in [2.24, 2.45) is 0 Å². The number of carbonyl (C=O) groups is 1. The number of hydrogen-bond donors (Lipinski definition) is 1. The lowest BCUT2D eigenvalue weighted by Crippen LogP contribution is -2.23. The largest absolute Gasteiger partial charge is 0.619 e. The van der Waals surface area contributed by atoms with E-state index in [2.05, 4.69) is 4.98 Å². The van der Waals surface area contributed by atoms with Gasteiger partial charge in [0.1, 0.15) is 0 Å². The molecule has 0 atom stereocenters. The summed E-state index contributed by atoms with van der Waals surface area (Å²) >= 11 is 0. The highest BCUT2D eigenvalue weighted by molar-refractivity contribution is 5.67. The molecule has 19 heavy (non-hydrogen) atoms. The Kier molecular flexibility index (Phi) is 6.02. The third kappa shape index (κ3) is 6.78. The van der Waals surface area contributed by atoms with Crippen molar-refractivity contribution in [1.29, 1.82) is 0 Å². The molecule has 2 heterocycles. The van der Waals surface area contributed by atoms with Crippen molar-refractivity contribution in [1.82, 2.24) is 4.98 Å². The molecule has 0 aliphatic heterocycles. The van der Waals surface area contributed by atoms with Gasteiger partial charge in [0.05, 0.1) is 0 Å². The summed E-state index contributed by atoms with van der Waals surface area (Å²) in [4.78, 5) is 14.0. The van der Waals surface area contributed by atoms with Gasteiger partial charge in [-0.15, -0.1) is 0 Å². The van der Waals surface area contributed by atoms with Gasteiger partial charge in [-0.05, 0) is 36.6 Å². The van der Waals surface area contributed by atoms with Gasteiger partial charge in [0.15, 0.2) is 12.4 Å². The zero-order chi connectivity index (χ0) is 14.1. The molecule has 5 heteroatoms. The standard InChI is InChI=1S/C8H9NO2.C6H7NO/c10-8(11)2-1-7-3-5-9-6-4-7;1-6-2-4-7(8)5-3-6/h3-6H,1-2H2,(H,10,11);2-5H,1H3. The summed E-state index contributed by atoms with van der Waals surface area (Å²) in [7, 11) is 0. The lowest BCUT2D eigenvalue weighted by atomic mass is 10.1. The predicted octanol–water partition coefficient (Wildman–Crippen LogP) is 1.73. The van der Waals surface area contributed by atoms with Gasteiger partial charge in [-0.2, -0.15) is 4.73 Å². The molecule has 0 amide bonds. The number of carboxylic acids is 1. The van der Waals surface area contributed by atoms with Crippen LogP contribution in [0.3, 0.4) is 0 Å². The molecule has 2 aromatic rings. The zero-order valence-electron chi connectivity index (χ0n) is 10.7. The molecule has 5 nitrogen and oxygen atoms in total. The van der Waals surface area contributed by atoms with Gasteiger partial charge in [-0.25, -0.2) is 0 Å². The van der Waals surface area contributed by atoms with E-state index in [1.165, 1.54) is 12.4 Å². The van der Waals surface area contributed by atoms with E-state index in [0.29, 0.717) is 6.42 Å². The van der Waals surface area contributed by atoms with E-state index in [-0.39, 0.29) is 6.42 Å². The number of nitrogens with zero attached hydrogens (tertiary/aromatic N) is 2. The highest BCUT2D eigenvalue weighted by Crippen LogP contribution is 1.99. The summed E-state index contributed by atoms with van der Waals surface area (Å²) in [5.74, 6) is -0.762. The molecule has 0 saturated carbocycles. The fourth-order valence-corrected chi connectivity index (χ4v) is 1.29. The van der Waals surface area contributed by atoms with Crippen LogP contribution in [0.1, 0.15) is 17.5 Å². The average molecular weight is 260 g/mol. The summed E-state index contributed by atoms with van der Waals surface area (Å²) in [6.07, 6.45) is 7.06. The van der Waals surface area contributed by atoms with Crippen LogP contribution in [0.2, 0.25) is 0 Å². The highest BCUT2D eigenvalue weighted by atomic mass is 16.5. The first-order chi connectivity index (χ1) is 9.08. The Morgan fingerprint density at radius 1 is 1.26 bits per heavy atom. The number of aliphatic carboxylic acids is 1. The van der Waals surface area contributed by atoms with Crippen LogP contribution in [0.5, 0.6) is 0 Å². The maximum Gasteiger partial charge on any atom is 0.303 e. The minimum atomic E-state index is -0.762. The first-order valence-electron chi connectivity index (χ1n) is 5.84. The summed E-state index contributed by atoms with van der Waals surface area (Å²) < 4.78 is 0.771. The second-order valence-corrected chi connectivity index (χ2v) is 3.98. The molecule has 0 unspecified atom stereocenters. The van der Waals surface area contributed by atoms with E-state index in [1.54, 1.807) is 24.5 Å². The molecule has 0 aromatic carbocycles. The summed E-state index contributed by atoms with van der Waals surface area (Å²) in [5.41, 5.74) is 2.12. The molecular weight excluding hydrogens is 244 g/mol. The Morgan fingerprint density at radius 2 is 1.84 bits per heavy atom. The van der Waals surface area contributed by atoms with Crippen LogP contribution in [-0.2, 0) is 11.2 Å². The number of rotatable bonds is 3. The molecule has 0 spiro atoms. The molecule has 0 aliphatic rings. The van der Waals surface area contributed by atoms with E-state index in [0.717, 1.165) is 15.9 Å². The molecule has 2 aromatic heterocycles. The van der Waals surface area contributed by atoms with Gasteiger partial charge in [-0.3, -0.25) is 9.78 Å². The summed E-state index contributed by atoms with van der Waals surface area (Å²) in [6, 6.07) is 7.19. The van der Waals surface area contributed by atoms with Crippen LogP contribution in [-0.4, -0.2) is 16.1 Å². The SMILES string of the molecule is Cc1cc[n+]([O-])cc1.O=C(O)CCc1ccncc1. The third-order valence-electron chi connectivity index (χ3n) is 2.35. The van der Waals surface area contributed by atoms with Crippen molar-refractivity contribution in [2.45, 2.75) is 19.8 Å². The molecule has 0 aliphatic carbocycles. The fourth-order valence-electron chi connectivity index (χ4n) is 1.29. The predicted molar refractivity (Wildman–Crippen MR) is 70.3 cm³/mol. The van der Waals surface area contributed by atoms with Crippen molar-refractivity contribution < 1.29 is 14.6 Å². The van der Waals surface area contributed by atoms with Crippen LogP contribution in [0.4, 0.5) is 0 Å². The monoisotopic (exact) mass is 260 g/mol. The topological polar surface area (TPSA) is 77.1 Å². The molecule has 0 fully saturated rings. The second-order valence-electron chi connectivity index (χ2n) is 3.98. The molecule has 2 rings (SSSR count). The van der Waals surface area contributed by atoms with Crippen molar-refractivity contribution in [2.75, 3.05) is 0 Å². The Balaban J connectivity index is 0.000000200. The van der Waals surface area contributed by atoms with Crippen LogP contribution >= 0.6 is 0 Å². The Morgan fingerprint density at radius 3 is 2.32 bits per heavy atom. The Bertz CT molecular complexity index is 477. The lowest BCUT2D eigenvalue weighted by molar-refractivity contribution is -0.605. The maximum atomic E-state index is 10.3. The van der Waals surface area contributed by atoms with Gasteiger partial charge in [0.25, 0.3) is 0 Å². The number of aryl methyl sites for hydroxylation is 2. The van der Waals surface area contributed by atoms with Gasteiger partial charge in [0, 0.05) is 30.9 Å². The molecular formula is C14H16N2O3. The van der Waals surface area contributed by atoms with Crippen LogP contribution < -0.4 is 4.73 Å². The van der Waals surface area contributed by atoms with Crippen LogP contribution in [0.25, 0.3) is 0 Å². The normalized spacial score (nSPS) is 9.32. The van der Waals surface area contributed by atoms with Gasteiger partial charge in [-0.1, -0.05) is 0 Å². The summed E-state index contributed by atoms with van der Waals surface area (Å²) in [5, 5.41) is 18.7. The lowest BCUT2D eigenvalue weighted by Gasteiger charge is -1.95. The van der Waals surface area contributed by atoms with Crippen molar-refractivity contribution >= 4 is 5.97 Å². The molecule has 1 N–H and O–H groups in total. The van der Waals surface area contributed by atoms with Crippen molar-refractivity contribution in [3.63, 3.8) is 0 Å². The Labute approximate surface area is 111 Å². The zero-order valence-corrected chi connectivity index (χ0v) is 10.7. The van der Waals surface area contributed by atoms with E-state index in [1.807, 2.05) is 19.1 Å². The van der Waals surface area contributed by atoms with E-state index in [4.69, 9.17) is 5.11 Å². The first-order valence-corrected chi connectivity index (χ1v) is 5.84. The third-order valence-corrected chi connectivity index (χ3v) is 2.35. The van der Waals surface area contributed by atoms with Gasteiger partial charge < -0.3 is 10.3 Å². The number of hydrogen-bond acceptors (Lipinski definition) is 3. The fraction of sp³-hybridized carbons (Fsp3) is 0.214. The minimum Gasteiger partial charge on any atom is -0.619 e. The average Bonchev–Trinajstić information content (AvgIpc) is 2.42. The number of pyridine rings is 2. The number of aromatic nitrogens is 2. The second kappa shape index (κ2) is 7.81. The quantitative estimate of drug-likeness (QED) is 0.673. The summed E-state index contributed by atoms with van der Waals surface area (Å²) in [6.45, 7) is 1.94. The number of carboxylic acid groups (broad SMARTS) is 1. The molecule has 0 saturated heterocycles. The van der Waals surface area contributed by atoms with E-state index >= 15 is 0 Å². The Hall–Kier alpha value is -2.43.